The zero-order chi connectivity index (χ0) is 23.2. The Hall–Kier alpha value is -3.09. The maximum atomic E-state index is 13.8. The minimum atomic E-state index is -0.0925. The van der Waals surface area contributed by atoms with Crippen molar-refractivity contribution in [1.82, 2.24) is 0 Å². The topological polar surface area (TPSA) is 44.1 Å². The van der Waals surface area contributed by atoms with Crippen molar-refractivity contribution in [3.63, 3.8) is 0 Å². The SMILES string of the molecule is CC(C(Cc1ccc(Cl)cc1)c1cccc(C#N)c1)N(C(=O)C1CCCC1)c1ccccc1. The quantitative estimate of drug-likeness (QED) is 0.379. The van der Waals surface area contributed by atoms with Gasteiger partial charge in [-0.25, -0.2) is 0 Å². The van der Waals surface area contributed by atoms with Gasteiger partial charge < -0.3 is 4.90 Å². The molecule has 0 spiro atoms. The number of anilines is 1. The number of amides is 1. The molecule has 2 atom stereocenters. The fourth-order valence-corrected chi connectivity index (χ4v) is 5.11. The molecule has 1 aliphatic carbocycles. The van der Waals surface area contributed by atoms with E-state index < -0.39 is 0 Å². The molecule has 0 bridgehead atoms. The lowest BCUT2D eigenvalue weighted by molar-refractivity contribution is -0.122. The molecule has 0 aromatic heterocycles. The molecule has 168 valence electrons. The summed E-state index contributed by atoms with van der Waals surface area (Å²) < 4.78 is 0. The van der Waals surface area contributed by atoms with Crippen LogP contribution in [0.5, 0.6) is 0 Å². The molecular formula is C29H29ClN2O. The highest BCUT2D eigenvalue weighted by molar-refractivity contribution is 6.30. The molecule has 2 unspecified atom stereocenters. The smallest absolute Gasteiger partial charge is 0.230 e. The van der Waals surface area contributed by atoms with E-state index in [9.17, 15) is 10.1 Å². The van der Waals surface area contributed by atoms with Crippen molar-refractivity contribution in [3.05, 3.63) is 101 Å². The van der Waals surface area contributed by atoms with Crippen molar-refractivity contribution in [2.75, 3.05) is 4.90 Å². The van der Waals surface area contributed by atoms with Crippen LogP contribution in [0.1, 0.15) is 55.2 Å². The van der Waals surface area contributed by atoms with Crippen LogP contribution >= 0.6 is 11.6 Å². The highest BCUT2D eigenvalue weighted by atomic mass is 35.5. The minimum absolute atomic E-state index is 0.0186. The summed E-state index contributed by atoms with van der Waals surface area (Å²) in [5.74, 6) is 0.308. The first-order chi connectivity index (χ1) is 16.1. The Balaban J connectivity index is 1.75. The second kappa shape index (κ2) is 10.7. The number of rotatable bonds is 7. The normalized spacial score (nSPS) is 15.5. The molecule has 3 aromatic carbocycles. The van der Waals surface area contributed by atoms with Gasteiger partial charge in [0.2, 0.25) is 5.91 Å². The highest BCUT2D eigenvalue weighted by Gasteiger charge is 2.34. The van der Waals surface area contributed by atoms with Gasteiger partial charge in [0.1, 0.15) is 0 Å². The number of carbonyl (C=O) groups excluding carboxylic acids is 1. The Morgan fingerprint density at radius 3 is 2.39 bits per heavy atom. The summed E-state index contributed by atoms with van der Waals surface area (Å²) in [5, 5.41) is 10.2. The first kappa shape index (κ1) is 23.1. The van der Waals surface area contributed by atoms with E-state index in [1.54, 1.807) is 0 Å². The monoisotopic (exact) mass is 456 g/mol. The van der Waals surface area contributed by atoms with E-state index in [0.29, 0.717) is 10.6 Å². The molecule has 0 aliphatic heterocycles. The predicted octanol–water partition coefficient (Wildman–Crippen LogP) is 7.15. The molecule has 1 saturated carbocycles. The minimum Gasteiger partial charge on any atom is -0.309 e. The van der Waals surface area contributed by atoms with E-state index in [1.165, 1.54) is 0 Å². The Kier molecular flexibility index (Phi) is 7.47. The number of para-hydroxylation sites is 1. The molecule has 0 heterocycles. The summed E-state index contributed by atoms with van der Waals surface area (Å²) in [6, 6.07) is 27.9. The molecule has 0 radical (unpaired) electrons. The largest absolute Gasteiger partial charge is 0.309 e. The van der Waals surface area contributed by atoms with Crippen LogP contribution < -0.4 is 4.90 Å². The second-order valence-electron chi connectivity index (χ2n) is 8.94. The average Bonchev–Trinajstić information content (AvgIpc) is 3.39. The molecule has 3 nitrogen and oxygen atoms in total. The molecule has 3 aromatic rings. The fraction of sp³-hybridized carbons (Fsp3) is 0.310. The van der Waals surface area contributed by atoms with Crippen molar-refractivity contribution in [3.8, 4) is 6.07 Å². The molecule has 0 N–H and O–H groups in total. The molecule has 4 rings (SSSR count). The molecule has 0 saturated heterocycles. The third-order valence-electron chi connectivity index (χ3n) is 6.78. The molecule has 4 heteroatoms. The van der Waals surface area contributed by atoms with Gasteiger partial charge in [0.05, 0.1) is 11.6 Å². The number of benzene rings is 3. The lowest BCUT2D eigenvalue weighted by atomic mass is 9.84. The number of nitrogens with zero attached hydrogens (tertiary/aromatic N) is 2. The number of hydrogen-bond acceptors (Lipinski definition) is 2. The standard InChI is InChI=1S/C29H29ClN2O/c1-21(32(27-12-3-2-4-13-27)29(33)24-9-5-6-10-24)28(19-22-14-16-26(30)17-15-22)25-11-7-8-23(18-25)20-31/h2-4,7-8,11-18,21,24,28H,5-6,9-10,19H2,1H3. The van der Waals surface area contributed by atoms with Crippen LogP contribution in [-0.2, 0) is 11.2 Å². The zero-order valence-corrected chi connectivity index (χ0v) is 19.7. The van der Waals surface area contributed by atoms with Crippen LogP contribution in [-0.4, -0.2) is 11.9 Å². The Bertz CT molecular complexity index is 1110. The number of carbonyl (C=O) groups is 1. The van der Waals surface area contributed by atoms with Crippen LogP contribution in [0, 0.1) is 17.2 Å². The Morgan fingerprint density at radius 2 is 1.73 bits per heavy atom. The van der Waals surface area contributed by atoms with Crippen LogP contribution in [0.25, 0.3) is 0 Å². The molecular weight excluding hydrogens is 428 g/mol. The maximum absolute atomic E-state index is 13.8. The lowest BCUT2D eigenvalue weighted by Crippen LogP contribution is -2.45. The summed E-state index contributed by atoms with van der Waals surface area (Å²) >= 11 is 6.12. The Morgan fingerprint density at radius 1 is 1.03 bits per heavy atom. The molecule has 1 amide bonds. The lowest BCUT2D eigenvalue weighted by Gasteiger charge is -2.37. The van der Waals surface area contributed by atoms with Gasteiger partial charge in [-0.2, -0.15) is 5.26 Å². The summed E-state index contributed by atoms with van der Waals surface area (Å²) in [4.78, 5) is 15.8. The van der Waals surface area contributed by atoms with Crippen LogP contribution in [0.4, 0.5) is 5.69 Å². The third-order valence-corrected chi connectivity index (χ3v) is 7.03. The summed E-state index contributed by atoms with van der Waals surface area (Å²) in [5.41, 5.74) is 3.78. The first-order valence-electron chi connectivity index (χ1n) is 11.7. The van der Waals surface area contributed by atoms with Gasteiger partial charge in [0.15, 0.2) is 0 Å². The van der Waals surface area contributed by atoms with Crippen molar-refractivity contribution in [1.29, 1.82) is 5.26 Å². The van der Waals surface area contributed by atoms with E-state index in [-0.39, 0.29) is 23.8 Å². The highest BCUT2D eigenvalue weighted by Crippen LogP contribution is 2.35. The molecule has 1 aliphatic rings. The van der Waals surface area contributed by atoms with E-state index >= 15 is 0 Å². The van der Waals surface area contributed by atoms with Gasteiger partial charge in [0.25, 0.3) is 0 Å². The van der Waals surface area contributed by atoms with Gasteiger partial charge in [-0.1, -0.05) is 66.9 Å². The van der Waals surface area contributed by atoms with Gasteiger partial charge in [-0.3, -0.25) is 4.79 Å². The van der Waals surface area contributed by atoms with Gasteiger partial charge >= 0.3 is 0 Å². The zero-order valence-electron chi connectivity index (χ0n) is 19.0. The summed E-state index contributed by atoms with van der Waals surface area (Å²) in [6.45, 7) is 2.14. The van der Waals surface area contributed by atoms with E-state index in [4.69, 9.17) is 11.6 Å². The van der Waals surface area contributed by atoms with Gasteiger partial charge in [0, 0.05) is 28.6 Å². The van der Waals surface area contributed by atoms with Crippen molar-refractivity contribution < 1.29 is 4.79 Å². The second-order valence-corrected chi connectivity index (χ2v) is 9.38. The van der Waals surface area contributed by atoms with E-state index in [2.05, 4.69) is 19.1 Å². The van der Waals surface area contributed by atoms with Crippen molar-refractivity contribution in [2.24, 2.45) is 5.92 Å². The van der Waals surface area contributed by atoms with Crippen molar-refractivity contribution >= 4 is 23.2 Å². The summed E-state index contributed by atoms with van der Waals surface area (Å²) in [6.07, 6.45) is 4.90. The first-order valence-corrected chi connectivity index (χ1v) is 12.1. The number of nitriles is 1. The third kappa shape index (κ3) is 5.46. The number of hydrogen-bond donors (Lipinski definition) is 0. The van der Waals surface area contributed by atoms with E-state index in [0.717, 1.165) is 48.9 Å². The average molecular weight is 457 g/mol. The maximum Gasteiger partial charge on any atom is 0.230 e. The van der Waals surface area contributed by atoms with Crippen LogP contribution in [0.15, 0.2) is 78.9 Å². The van der Waals surface area contributed by atoms with Crippen LogP contribution in [0.3, 0.4) is 0 Å². The predicted molar refractivity (Wildman–Crippen MR) is 134 cm³/mol. The van der Waals surface area contributed by atoms with Gasteiger partial charge in [-0.05, 0) is 73.7 Å². The fourth-order valence-electron chi connectivity index (χ4n) is 4.98. The number of halogens is 1. The molecule has 33 heavy (non-hydrogen) atoms. The van der Waals surface area contributed by atoms with E-state index in [1.807, 2.05) is 77.7 Å². The van der Waals surface area contributed by atoms with Crippen LogP contribution in [0.2, 0.25) is 5.02 Å². The summed E-state index contributed by atoms with van der Waals surface area (Å²) in [7, 11) is 0. The molecule has 1 fully saturated rings. The van der Waals surface area contributed by atoms with Gasteiger partial charge in [-0.15, -0.1) is 0 Å². The Labute approximate surface area is 201 Å². The van der Waals surface area contributed by atoms with Crippen molar-refractivity contribution in [2.45, 2.75) is 51.0 Å².